The predicted molar refractivity (Wildman–Crippen MR) is 94.3 cm³/mol. The first-order chi connectivity index (χ1) is 15.2. The molecule has 34 heavy (non-hydrogen) atoms. The van der Waals surface area contributed by atoms with Gasteiger partial charge in [-0.3, -0.25) is 0 Å². The van der Waals surface area contributed by atoms with Crippen molar-refractivity contribution in [1.29, 1.82) is 0 Å². The predicted octanol–water partition coefficient (Wildman–Crippen LogP) is 8.36. The molecule has 0 spiro atoms. The van der Waals surface area contributed by atoms with Gasteiger partial charge in [0, 0.05) is 11.1 Å². The zero-order chi connectivity index (χ0) is 26.5. The van der Waals surface area contributed by atoms with Gasteiger partial charge in [0.1, 0.15) is 5.82 Å². The van der Waals surface area contributed by atoms with Crippen molar-refractivity contribution in [3.63, 3.8) is 0 Å². The van der Waals surface area contributed by atoms with E-state index in [2.05, 4.69) is 6.07 Å². The number of hydrogen-bond donors (Lipinski definition) is 0. The maximum Gasteiger partial charge on any atom is 0.457 e. The second kappa shape index (κ2) is 8.63. The molecule has 1 unspecified atom stereocenters. The van der Waals surface area contributed by atoms with Crippen molar-refractivity contribution < 1.29 is 57.1 Å². The van der Waals surface area contributed by atoms with Crippen molar-refractivity contribution in [2.45, 2.75) is 56.8 Å². The van der Waals surface area contributed by atoms with Crippen molar-refractivity contribution in [2.24, 2.45) is 0 Å². The van der Waals surface area contributed by atoms with Crippen LogP contribution in [0, 0.1) is 11.9 Å². The largest absolute Gasteiger partial charge is 0.457 e. The molecule has 0 aliphatic rings. The Morgan fingerprint density at radius 1 is 0.735 bits per heavy atom. The van der Waals surface area contributed by atoms with Gasteiger partial charge in [0.25, 0.3) is 0 Å². The van der Waals surface area contributed by atoms with Crippen LogP contribution in [-0.4, -0.2) is 18.3 Å². The molecule has 0 aliphatic heterocycles. The molecule has 0 fully saturated rings. The van der Waals surface area contributed by atoms with Crippen LogP contribution in [0.15, 0.2) is 24.3 Å². The zero-order valence-corrected chi connectivity index (χ0v) is 17.1. The first-order valence-electron chi connectivity index (χ1n) is 9.39. The number of halogens is 13. The van der Waals surface area contributed by atoms with Crippen LogP contribution in [0.25, 0.3) is 11.1 Å². The number of alkyl halides is 12. The molecule has 189 valence electrons. The summed E-state index contributed by atoms with van der Waals surface area (Å²) in [6, 6.07) is 2.54. The summed E-state index contributed by atoms with van der Waals surface area (Å²) in [5.74, 6) is -8.80. The topological polar surface area (TPSA) is 0 Å². The van der Waals surface area contributed by atoms with E-state index < -0.39 is 75.7 Å². The first-order valence-corrected chi connectivity index (χ1v) is 9.39. The van der Waals surface area contributed by atoms with Gasteiger partial charge in [-0.15, -0.1) is 0 Å². The van der Waals surface area contributed by atoms with Crippen molar-refractivity contribution >= 4 is 0 Å². The van der Waals surface area contributed by atoms with E-state index in [1.165, 1.54) is 6.92 Å². The smallest absolute Gasteiger partial charge is 0.221 e. The summed E-state index contributed by atoms with van der Waals surface area (Å²) in [4.78, 5) is 0. The highest BCUT2D eigenvalue weighted by atomic mass is 19.4. The van der Waals surface area contributed by atoms with Crippen LogP contribution in [0.4, 0.5) is 57.1 Å². The fourth-order valence-electron chi connectivity index (χ4n) is 3.32. The third-order valence-corrected chi connectivity index (χ3v) is 5.05. The Hall–Kier alpha value is -2.47. The van der Waals surface area contributed by atoms with E-state index in [1.54, 1.807) is 0 Å². The number of aryl methyl sites for hydroxylation is 2. The van der Waals surface area contributed by atoms with Crippen LogP contribution < -0.4 is 0 Å². The number of benzene rings is 2. The van der Waals surface area contributed by atoms with Crippen LogP contribution in [0.1, 0.15) is 36.1 Å². The Morgan fingerprint density at radius 3 is 1.71 bits per heavy atom. The Bertz CT molecular complexity index is 1040. The molecule has 0 saturated carbocycles. The maximum atomic E-state index is 15.4. The van der Waals surface area contributed by atoms with Gasteiger partial charge in [-0.25, -0.2) is 8.78 Å². The number of rotatable bonds is 5. The Kier molecular flexibility index (Phi) is 7.05. The Labute approximate surface area is 184 Å². The summed E-state index contributed by atoms with van der Waals surface area (Å²) in [6.07, 6.45) is -20.0. The Balaban J connectivity index is 3.17. The molecular formula is C21H14F13. The summed E-state index contributed by atoms with van der Waals surface area (Å²) >= 11 is 0. The average Bonchev–Trinajstić information content (AvgIpc) is 2.69. The van der Waals surface area contributed by atoms with Gasteiger partial charge in [-0.1, -0.05) is 19.9 Å². The van der Waals surface area contributed by atoms with Gasteiger partial charge in [-0.05, 0) is 53.8 Å². The highest BCUT2D eigenvalue weighted by molar-refractivity contribution is 5.74. The van der Waals surface area contributed by atoms with E-state index in [1.807, 2.05) is 0 Å². The molecule has 0 aliphatic carbocycles. The lowest BCUT2D eigenvalue weighted by molar-refractivity contribution is -0.389. The zero-order valence-electron chi connectivity index (χ0n) is 17.1. The SMILES string of the molecule is CCc1[c]c(CC)c(-c2cc(C(F)(F)F)ccc2F)c(C(F)(C(F)(F)F)C(F)(F)C(F)(F)F)c1. The molecule has 0 aromatic heterocycles. The fourth-order valence-corrected chi connectivity index (χ4v) is 3.32. The van der Waals surface area contributed by atoms with Gasteiger partial charge in [0.2, 0.25) is 0 Å². The third kappa shape index (κ3) is 4.45. The van der Waals surface area contributed by atoms with E-state index in [9.17, 15) is 52.7 Å². The summed E-state index contributed by atoms with van der Waals surface area (Å²) < 4.78 is 178. The fraction of sp³-hybridized carbons (Fsp3) is 0.429. The van der Waals surface area contributed by atoms with Gasteiger partial charge < -0.3 is 0 Å². The lowest BCUT2D eigenvalue weighted by Crippen LogP contribution is -2.60. The van der Waals surface area contributed by atoms with Gasteiger partial charge >= 0.3 is 30.1 Å². The second-order valence-electron chi connectivity index (χ2n) is 7.19. The minimum atomic E-state index is -7.09. The molecule has 0 amide bonds. The monoisotopic (exact) mass is 513 g/mol. The lowest BCUT2D eigenvalue weighted by Gasteiger charge is -2.38. The normalized spacial score (nSPS) is 15.4. The van der Waals surface area contributed by atoms with E-state index in [4.69, 9.17) is 0 Å². The van der Waals surface area contributed by atoms with Crippen LogP contribution in [0.2, 0.25) is 0 Å². The van der Waals surface area contributed by atoms with Crippen molar-refractivity contribution in [2.75, 3.05) is 0 Å². The molecule has 1 atom stereocenters. The van der Waals surface area contributed by atoms with Gasteiger partial charge in [0.05, 0.1) is 5.56 Å². The summed E-state index contributed by atoms with van der Waals surface area (Å²) in [6.45, 7) is 2.37. The highest BCUT2D eigenvalue weighted by Gasteiger charge is 2.82. The Morgan fingerprint density at radius 2 is 1.29 bits per heavy atom. The quantitative estimate of drug-likeness (QED) is 0.353. The molecule has 0 saturated heterocycles. The van der Waals surface area contributed by atoms with Gasteiger partial charge in [-0.2, -0.15) is 48.3 Å². The molecule has 1 radical (unpaired) electrons. The van der Waals surface area contributed by atoms with E-state index in [0.717, 1.165) is 6.92 Å². The molecule has 0 bridgehead atoms. The average molecular weight is 513 g/mol. The summed E-state index contributed by atoms with van der Waals surface area (Å²) in [5, 5.41) is 0. The molecular weight excluding hydrogens is 499 g/mol. The minimum absolute atomic E-state index is 0.0126. The molecule has 0 heterocycles. The lowest BCUT2D eigenvalue weighted by atomic mass is 9.79. The summed E-state index contributed by atoms with van der Waals surface area (Å²) in [5.41, 5.74) is -14.6. The molecule has 2 aromatic carbocycles. The van der Waals surface area contributed by atoms with E-state index >= 15 is 4.39 Å². The first kappa shape index (κ1) is 27.8. The van der Waals surface area contributed by atoms with Crippen molar-refractivity contribution in [3.05, 3.63) is 58.4 Å². The summed E-state index contributed by atoms with van der Waals surface area (Å²) in [7, 11) is 0. The molecule has 0 nitrogen and oxygen atoms in total. The number of hydrogen-bond acceptors (Lipinski definition) is 0. The van der Waals surface area contributed by atoms with Crippen molar-refractivity contribution in [1.82, 2.24) is 0 Å². The van der Waals surface area contributed by atoms with E-state index in [0.29, 0.717) is 0 Å². The van der Waals surface area contributed by atoms with Crippen LogP contribution in [-0.2, 0) is 24.7 Å². The molecule has 2 aromatic rings. The second-order valence-corrected chi connectivity index (χ2v) is 7.19. The standard InChI is InChI=1S/C21H14F13/c1-3-10-7-11(4-2)16(13-9-12(18(24,25)26)5-6-15(13)22)14(8-10)17(23,20(29,30)31)19(27,28)21(32,33)34/h5-6,8-9H,3-4H2,1-2H3. The third-order valence-electron chi connectivity index (χ3n) is 5.05. The van der Waals surface area contributed by atoms with Gasteiger partial charge in [0.15, 0.2) is 0 Å². The molecule has 13 heteroatoms. The van der Waals surface area contributed by atoms with Crippen molar-refractivity contribution in [3.8, 4) is 11.1 Å². The van der Waals surface area contributed by atoms with Crippen LogP contribution >= 0.6 is 0 Å². The molecule has 2 rings (SSSR count). The maximum absolute atomic E-state index is 15.4. The highest BCUT2D eigenvalue weighted by Crippen LogP contribution is 2.60. The van der Waals surface area contributed by atoms with Crippen LogP contribution in [0.3, 0.4) is 0 Å². The van der Waals surface area contributed by atoms with Crippen LogP contribution in [0.5, 0.6) is 0 Å². The minimum Gasteiger partial charge on any atom is -0.221 e. The van der Waals surface area contributed by atoms with E-state index in [-0.39, 0.29) is 30.7 Å². The molecule has 0 N–H and O–H groups in total.